The van der Waals surface area contributed by atoms with Crippen molar-refractivity contribution in [2.24, 2.45) is 0 Å². The van der Waals surface area contributed by atoms with Gasteiger partial charge in [0.15, 0.2) is 5.75 Å². The first-order valence-corrected chi connectivity index (χ1v) is 10.2. The number of aryl methyl sites for hydroxylation is 1. The number of allylic oxidation sites excluding steroid dienone is 1. The van der Waals surface area contributed by atoms with Crippen molar-refractivity contribution in [3.63, 3.8) is 0 Å². The summed E-state index contributed by atoms with van der Waals surface area (Å²) in [6.07, 6.45) is 4.35. The number of pyridine rings is 2. The number of aromatic nitrogens is 2. The van der Waals surface area contributed by atoms with Crippen LogP contribution in [0.2, 0.25) is 0 Å². The van der Waals surface area contributed by atoms with Crippen LogP contribution in [0.4, 0.5) is 17.3 Å². The molecule has 8 heteroatoms. The van der Waals surface area contributed by atoms with Crippen LogP contribution < -0.4 is 25.4 Å². The Morgan fingerprint density at radius 3 is 2.70 bits per heavy atom. The summed E-state index contributed by atoms with van der Waals surface area (Å²) in [5, 5.41) is 17.0. The van der Waals surface area contributed by atoms with Gasteiger partial charge in [-0.1, -0.05) is 6.08 Å². The first-order chi connectivity index (χ1) is 14.7. The second-order valence-electron chi connectivity index (χ2n) is 7.09. The van der Waals surface area contributed by atoms with E-state index in [2.05, 4.69) is 33.9 Å². The van der Waals surface area contributed by atoms with Gasteiger partial charge in [-0.15, -0.1) is 0 Å². The molecule has 0 aromatic carbocycles. The van der Waals surface area contributed by atoms with E-state index < -0.39 is 0 Å². The largest absolute Gasteiger partial charge is 0.484 e. The molecule has 4 heterocycles. The number of fused-ring (bicyclic) bond motifs is 1. The average Bonchev–Trinajstić information content (AvgIpc) is 3.04. The molecule has 0 bridgehead atoms. The summed E-state index contributed by atoms with van der Waals surface area (Å²) >= 11 is 0. The molecule has 2 aliphatic rings. The lowest BCUT2D eigenvalue weighted by Gasteiger charge is -2.24. The first-order valence-electron chi connectivity index (χ1n) is 10.2. The van der Waals surface area contributed by atoms with Crippen molar-refractivity contribution in [1.29, 1.82) is 0 Å². The van der Waals surface area contributed by atoms with Gasteiger partial charge in [0, 0.05) is 49.3 Å². The Bertz CT molecular complexity index is 914. The van der Waals surface area contributed by atoms with Gasteiger partial charge in [0.05, 0.1) is 0 Å². The number of nitrogens with one attached hydrogen (secondary N) is 3. The highest BCUT2D eigenvalue weighted by molar-refractivity contribution is 5.80. The maximum atomic E-state index is 7.00. The number of anilines is 3. The monoisotopic (exact) mass is 413 g/mol. The molecule has 162 valence electrons. The highest BCUT2D eigenvalue weighted by Crippen LogP contribution is 2.43. The molecule has 0 radical (unpaired) electrons. The fourth-order valence-corrected chi connectivity index (χ4v) is 3.68. The van der Waals surface area contributed by atoms with E-state index in [1.165, 1.54) is 5.57 Å². The van der Waals surface area contributed by atoms with Crippen molar-refractivity contribution in [1.82, 2.24) is 15.3 Å². The predicted octanol–water partition coefficient (Wildman–Crippen LogP) is 3.03. The fraction of sp³-hybridized carbons (Fsp3) is 0.455. The van der Waals surface area contributed by atoms with E-state index in [-0.39, 0.29) is 0 Å². The number of hydrogen-bond acceptors (Lipinski definition) is 8. The summed E-state index contributed by atoms with van der Waals surface area (Å²) in [6, 6.07) is 3.98. The summed E-state index contributed by atoms with van der Waals surface area (Å²) in [6.45, 7) is 7.00. The molecule has 4 N–H and O–H groups in total. The quantitative estimate of drug-likeness (QED) is 0.607. The van der Waals surface area contributed by atoms with Crippen LogP contribution in [0.25, 0.3) is 5.57 Å². The van der Waals surface area contributed by atoms with Crippen molar-refractivity contribution in [3.05, 3.63) is 35.0 Å². The molecule has 4 rings (SSSR count). The van der Waals surface area contributed by atoms with Crippen LogP contribution in [0.15, 0.2) is 18.2 Å². The number of ether oxygens (including phenoxy) is 2. The second-order valence-corrected chi connectivity index (χ2v) is 7.09. The van der Waals surface area contributed by atoms with Crippen molar-refractivity contribution in [2.75, 3.05) is 51.1 Å². The minimum absolute atomic E-state index is 0.509. The molecule has 2 aromatic heterocycles. The summed E-state index contributed by atoms with van der Waals surface area (Å²) in [4.78, 5) is 9.31. The van der Waals surface area contributed by atoms with Gasteiger partial charge in [-0.3, -0.25) is 0 Å². The molecular weight excluding hydrogens is 382 g/mol. The molecule has 8 nitrogen and oxygen atoms in total. The second kappa shape index (κ2) is 10.3. The van der Waals surface area contributed by atoms with Crippen LogP contribution in [-0.4, -0.2) is 55.5 Å². The maximum Gasteiger partial charge on any atom is 0.259 e. The highest BCUT2D eigenvalue weighted by Gasteiger charge is 2.25. The van der Waals surface area contributed by atoms with Gasteiger partial charge in [-0.05, 0) is 44.9 Å². The van der Waals surface area contributed by atoms with Crippen LogP contribution in [-0.2, 0) is 0 Å². The van der Waals surface area contributed by atoms with Crippen molar-refractivity contribution >= 4 is 22.9 Å². The van der Waals surface area contributed by atoms with E-state index in [1.807, 2.05) is 26.1 Å². The van der Waals surface area contributed by atoms with Crippen LogP contribution >= 0.6 is 0 Å². The van der Waals surface area contributed by atoms with Gasteiger partial charge < -0.3 is 30.5 Å². The Hall–Kier alpha value is -2.84. The number of aliphatic hydroxyl groups excluding tert-OH is 1. The number of rotatable bonds is 4. The van der Waals surface area contributed by atoms with Gasteiger partial charge >= 0.3 is 0 Å². The average molecular weight is 414 g/mol. The maximum absolute atomic E-state index is 7.00. The van der Waals surface area contributed by atoms with Gasteiger partial charge in [0.2, 0.25) is 0 Å². The van der Waals surface area contributed by atoms with E-state index >= 15 is 0 Å². The molecule has 0 atom stereocenters. The van der Waals surface area contributed by atoms with Gasteiger partial charge in [0.25, 0.3) is 5.88 Å². The Balaban J connectivity index is 0.00000124. The zero-order valence-electron chi connectivity index (χ0n) is 18.1. The molecule has 2 aliphatic heterocycles. The van der Waals surface area contributed by atoms with E-state index in [9.17, 15) is 0 Å². The van der Waals surface area contributed by atoms with Crippen LogP contribution in [0, 0.1) is 13.8 Å². The van der Waals surface area contributed by atoms with E-state index in [1.54, 1.807) is 0 Å². The fourth-order valence-electron chi connectivity index (χ4n) is 3.68. The summed E-state index contributed by atoms with van der Waals surface area (Å²) < 4.78 is 11.8. The Morgan fingerprint density at radius 1 is 1.10 bits per heavy atom. The SMILES string of the molecule is CNc1cc(C)nc(Nc2nc3c(c(C4=CCNCCC4)c2C)OCCO3)c1.CO. The van der Waals surface area contributed by atoms with Crippen molar-refractivity contribution in [3.8, 4) is 11.6 Å². The third kappa shape index (κ3) is 4.83. The Kier molecular flexibility index (Phi) is 7.48. The van der Waals surface area contributed by atoms with Crippen LogP contribution in [0.5, 0.6) is 11.6 Å². The molecule has 2 aromatic rings. The van der Waals surface area contributed by atoms with E-state index in [0.717, 1.165) is 72.9 Å². The zero-order chi connectivity index (χ0) is 21.5. The molecule has 0 unspecified atom stereocenters. The molecule has 0 saturated carbocycles. The molecular formula is C22H31N5O3. The minimum atomic E-state index is 0.509. The standard InChI is InChI=1S/C21H27N5O2.CH4O/c1-13-11-16(22-3)12-17(24-13)25-20-14(2)18(15-5-4-7-23-8-6-15)19-21(26-20)28-10-9-27-19;1-2/h6,11-12,23H,4-5,7-10H2,1-3H3,(H2,22,24,25,26);2H,1H3. The van der Waals surface area contributed by atoms with Gasteiger partial charge in [-0.25, -0.2) is 4.98 Å². The lowest BCUT2D eigenvalue weighted by molar-refractivity contribution is 0.164. The number of hydrogen-bond donors (Lipinski definition) is 4. The minimum Gasteiger partial charge on any atom is -0.484 e. The predicted molar refractivity (Wildman–Crippen MR) is 120 cm³/mol. The molecule has 30 heavy (non-hydrogen) atoms. The molecule has 0 spiro atoms. The normalized spacial score (nSPS) is 15.3. The van der Waals surface area contributed by atoms with Gasteiger partial charge in [-0.2, -0.15) is 4.98 Å². The lowest BCUT2D eigenvalue weighted by atomic mass is 9.96. The molecule has 0 amide bonds. The Labute approximate surface area is 177 Å². The summed E-state index contributed by atoms with van der Waals surface area (Å²) in [7, 11) is 2.90. The third-order valence-corrected chi connectivity index (χ3v) is 5.04. The molecule has 0 fully saturated rings. The highest BCUT2D eigenvalue weighted by atomic mass is 16.6. The van der Waals surface area contributed by atoms with Crippen LogP contribution in [0.1, 0.15) is 29.7 Å². The lowest BCUT2D eigenvalue weighted by Crippen LogP contribution is -2.19. The Morgan fingerprint density at radius 2 is 1.90 bits per heavy atom. The number of nitrogens with zero attached hydrogens (tertiary/aromatic N) is 2. The van der Waals surface area contributed by atoms with Crippen molar-refractivity contribution in [2.45, 2.75) is 26.7 Å². The van der Waals surface area contributed by atoms with Crippen LogP contribution in [0.3, 0.4) is 0 Å². The summed E-state index contributed by atoms with van der Waals surface area (Å²) in [5.74, 6) is 2.81. The topological polar surface area (TPSA) is 101 Å². The first kappa shape index (κ1) is 21.9. The van der Waals surface area contributed by atoms with Gasteiger partial charge in [0.1, 0.15) is 24.8 Å². The zero-order valence-corrected chi connectivity index (χ0v) is 18.1. The van der Waals surface area contributed by atoms with E-state index in [4.69, 9.17) is 19.6 Å². The smallest absolute Gasteiger partial charge is 0.259 e. The third-order valence-electron chi connectivity index (χ3n) is 5.04. The molecule has 0 aliphatic carbocycles. The van der Waals surface area contributed by atoms with E-state index in [0.29, 0.717) is 19.1 Å². The molecule has 0 saturated heterocycles. The summed E-state index contributed by atoms with van der Waals surface area (Å²) in [5.41, 5.74) is 5.36. The number of aliphatic hydroxyl groups is 1. The van der Waals surface area contributed by atoms with Crippen molar-refractivity contribution < 1.29 is 14.6 Å².